The fraction of sp³-hybridized carbons (Fsp3) is 0.200. The van der Waals surface area contributed by atoms with Gasteiger partial charge in [0.1, 0.15) is 5.75 Å². The summed E-state index contributed by atoms with van der Waals surface area (Å²) in [6, 6.07) is 4.88. The first-order valence-corrected chi connectivity index (χ1v) is 4.62. The minimum absolute atomic E-state index is 0.139. The fourth-order valence-electron chi connectivity index (χ4n) is 1.03. The lowest BCUT2D eigenvalue weighted by atomic mass is 10.3. The Labute approximate surface area is 97.3 Å². The van der Waals surface area contributed by atoms with Crippen LogP contribution in [-0.4, -0.2) is 30.9 Å². The largest absolute Gasteiger partial charge is 0.482 e. The summed E-state index contributed by atoms with van der Waals surface area (Å²) in [7, 11) is 1.24. The Morgan fingerprint density at radius 1 is 1.47 bits per heavy atom. The van der Waals surface area contributed by atoms with Crippen molar-refractivity contribution in [3.8, 4) is 5.75 Å². The molecule has 2 amide bonds. The number of carbonyl (C=O) groups is 2. The van der Waals surface area contributed by atoms with Gasteiger partial charge in [-0.15, -0.1) is 0 Å². The van der Waals surface area contributed by atoms with Gasteiger partial charge in [-0.05, 0) is 12.1 Å². The molecule has 7 heteroatoms. The smallest absolute Gasteiger partial charge is 0.343 e. The van der Waals surface area contributed by atoms with Gasteiger partial charge in [-0.1, -0.05) is 6.07 Å². The van der Waals surface area contributed by atoms with Gasteiger partial charge in [0.2, 0.25) is 0 Å². The quantitative estimate of drug-likeness (QED) is 0.453. The zero-order valence-electron chi connectivity index (χ0n) is 9.12. The molecule has 0 aromatic heterocycles. The number of hydroxylamine groups is 1. The number of carbonyl (C=O) groups excluding carboxylic acids is 2. The van der Waals surface area contributed by atoms with E-state index >= 15 is 0 Å². The fourth-order valence-corrected chi connectivity index (χ4v) is 1.03. The van der Waals surface area contributed by atoms with Crippen LogP contribution in [0.4, 0.5) is 10.5 Å². The number of anilines is 1. The summed E-state index contributed by atoms with van der Waals surface area (Å²) < 4.78 is 9.45. The maximum absolute atomic E-state index is 10.8. The van der Waals surface area contributed by atoms with Crippen LogP contribution in [0.2, 0.25) is 0 Å². The second-order valence-corrected chi connectivity index (χ2v) is 3.01. The third kappa shape index (κ3) is 3.65. The van der Waals surface area contributed by atoms with E-state index in [0.29, 0.717) is 5.75 Å². The van der Waals surface area contributed by atoms with Crippen LogP contribution in [0.25, 0.3) is 0 Å². The lowest BCUT2D eigenvalue weighted by Crippen LogP contribution is -2.32. The number of methoxy groups -OCH3 is 1. The van der Waals surface area contributed by atoms with Crippen LogP contribution in [0.3, 0.4) is 0 Å². The molecule has 0 bridgehead atoms. The Bertz CT molecular complexity index is 421. The summed E-state index contributed by atoms with van der Waals surface area (Å²) in [6.45, 7) is -0.262. The van der Waals surface area contributed by atoms with Gasteiger partial charge in [-0.3, -0.25) is 5.21 Å². The van der Waals surface area contributed by atoms with Crippen LogP contribution < -0.4 is 15.5 Å². The molecule has 92 valence electrons. The zero-order chi connectivity index (χ0) is 12.8. The lowest BCUT2D eigenvalue weighted by molar-refractivity contribution is -0.142. The van der Waals surface area contributed by atoms with E-state index in [2.05, 4.69) is 4.74 Å². The summed E-state index contributed by atoms with van der Waals surface area (Å²) >= 11 is 0. The molecule has 0 fully saturated rings. The van der Waals surface area contributed by atoms with Gasteiger partial charge in [0.25, 0.3) is 0 Å². The molecule has 1 rings (SSSR count). The molecule has 0 saturated carbocycles. The van der Waals surface area contributed by atoms with Crippen LogP contribution in [0.15, 0.2) is 24.3 Å². The van der Waals surface area contributed by atoms with Gasteiger partial charge in [-0.25, -0.2) is 9.59 Å². The number of esters is 1. The Hall–Kier alpha value is -2.28. The first-order valence-electron chi connectivity index (χ1n) is 4.62. The number of hydrogen-bond donors (Lipinski definition) is 2. The van der Waals surface area contributed by atoms with E-state index < -0.39 is 12.0 Å². The highest BCUT2D eigenvalue weighted by atomic mass is 16.6. The van der Waals surface area contributed by atoms with E-state index in [-0.39, 0.29) is 17.4 Å². The lowest BCUT2D eigenvalue weighted by Gasteiger charge is -2.13. The van der Waals surface area contributed by atoms with Gasteiger partial charge >= 0.3 is 12.0 Å². The number of nitrogens with zero attached hydrogens (tertiary/aromatic N) is 1. The summed E-state index contributed by atoms with van der Waals surface area (Å²) in [5.41, 5.74) is 5.02. The van der Waals surface area contributed by atoms with Crippen LogP contribution >= 0.6 is 0 Å². The first-order chi connectivity index (χ1) is 8.04. The molecule has 0 radical (unpaired) electrons. The highest BCUT2D eigenvalue weighted by Crippen LogP contribution is 2.19. The number of primary amides is 1. The topological polar surface area (TPSA) is 102 Å². The Balaban J connectivity index is 2.72. The summed E-state index contributed by atoms with van der Waals surface area (Å²) in [5.74, 6) is -0.237. The predicted molar refractivity (Wildman–Crippen MR) is 57.8 cm³/mol. The number of ether oxygens (including phenoxy) is 2. The standard InChI is InChI=1S/C10H12N2O5/c1-16-9(13)6-17-8-4-2-3-7(5-8)12(15)10(11)14/h2-5,15H,6H2,1H3,(H2,11,14). The van der Waals surface area contributed by atoms with Crippen molar-refractivity contribution in [1.29, 1.82) is 0 Å². The highest BCUT2D eigenvalue weighted by molar-refractivity contribution is 5.88. The molecule has 17 heavy (non-hydrogen) atoms. The van der Waals surface area contributed by atoms with Crippen LogP contribution in [-0.2, 0) is 9.53 Å². The normalized spacial score (nSPS) is 9.53. The van der Waals surface area contributed by atoms with Crippen LogP contribution in [0.1, 0.15) is 0 Å². The average molecular weight is 240 g/mol. The van der Waals surface area contributed by atoms with E-state index in [1.807, 2.05) is 0 Å². The van der Waals surface area contributed by atoms with E-state index in [1.165, 1.54) is 25.3 Å². The van der Waals surface area contributed by atoms with Crippen molar-refractivity contribution in [3.63, 3.8) is 0 Å². The molecule has 0 aliphatic rings. The predicted octanol–water partition coefficient (Wildman–Crippen LogP) is 0.513. The average Bonchev–Trinajstić information content (AvgIpc) is 2.35. The third-order valence-corrected chi connectivity index (χ3v) is 1.86. The van der Waals surface area contributed by atoms with Crippen molar-refractivity contribution in [2.75, 3.05) is 18.8 Å². The van der Waals surface area contributed by atoms with Gasteiger partial charge < -0.3 is 15.2 Å². The summed E-state index contributed by atoms with van der Waals surface area (Å²) in [5, 5.41) is 9.53. The number of amides is 2. The maximum atomic E-state index is 10.8. The number of benzene rings is 1. The molecule has 3 N–H and O–H groups in total. The third-order valence-electron chi connectivity index (χ3n) is 1.86. The molecule has 1 aromatic carbocycles. The molecule has 0 saturated heterocycles. The molecular formula is C10H12N2O5. The molecule has 0 atom stereocenters. The molecule has 0 spiro atoms. The van der Waals surface area contributed by atoms with E-state index in [0.717, 1.165) is 0 Å². The minimum atomic E-state index is -1.02. The molecule has 0 unspecified atom stereocenters. The van der Waals surface area contributed by atoms with Crippen molar-refractivity contribution in [2.24, 2.45) is 5.73 Å². The minimum Gasteiger partial charge on any atom is -0.482 e. The Morgan fingerprint density at radius 3 is 2.76 bits per heavy atom. The summed E-state index contributed by atoms with van der Waals surface area (Å²) in [6.07, 6.45) is 0. The van der Waals surface area contributed by atoms with Crippen molar-refractivity contribution in [2.45, 2.75) is 0 Å². The van der Waals surface area contributed by atoms with Crippen LogP contribution in [0.5, 0.6) is 5.75 Å². The zero-order valence-corrected chi connectivity index (χ0v) is 9.12. The van der Waals surface area contributed by atoms with Crippen molar-refractivity contribution in [1.82, 2.24) is 0 Å². The van der Waals surface area contributed by atoms with E-state index in [1.54, 1.807) is 6.07 Å². The Kier molecular flexibility index (Phi) is 4.29. The number of hydrogen-bond acceptors (Lipinski definition) is 5. The van der Waals surface area contributed by atoms with Crippen molar-refractivity contribution < 1.29 is 24.3 Å². The van der Waals surface area contributed by atoms with Crippen LogP contribution in [0, 0.1) is 0 Å². The first kappa shape index (κ1) is 12.8. The number of nitrogens with two attached hydrogens (primary N) is 1. The summed E-state index contributed by atoms with van der Waals surface area (Å²) in [4.78, 5) is 21.5. The van der Waals surface area contributed by atoms with Crippen molar-refractivity contribution >= 4 is 17.7 Å². The maximum Gasteiger partial charge on any atom is 0.343 e. The molecule has 0 aliphatic carbocycles. The second-order valence-electron chi connectivity index (χ2n) is 3.01. The van der Waals surface area contributed by atoms with Gasteiger partial charge in [-0.2, -0.15) is 5.06 Å². The van der Waals surface area contributed by atoms with Crippen molar-refractivity contribution in [3.05, 3.63) is 24.3 Å². The number of rotatable bonds is 4. The monoisotopic (exact) mass is 240 g/mol. The SMILES string of the molecule is COC(=O)COc1cccc(N(O)C(N)=O)c1. The van der Waals surface area contributed by atoms with E-state index in [9.17, 15) is 14.8 Å². The van der Waals surface area contributed by atoms with Gasteiger partial charge in [0, 0.05) is 6.07 Å². The molecule has 0 heterocycles. The molecular weight excluding hydrogens is 228 g/mol. The second kappa shape index (κ2) is 5.71. The molecule has 0 aliphatic heterocycles. The van der Waals surface area contributed by atoms with E-state index in [4.69, 9.17) is 10.5 Å². The van der Waals surface area contributed by atoms with Gasteiger partial charge in [0.15, 0.2) is 6.61 Å². The number of urea groups is 1. The molecule has 1 aromatic rings. The molecule has 7 nitrogen and oxygen atoms in total. The van der Waals surface area contributed by atoms with Gasteiger partial charge in [0.05, 0.1) is 12.8 Å². The highest BCUT2D eigenvalue weighted by Gasteiger charge is 2.10. The Morgan fingerprint density at radius 2 is 2.18 bits per heavy atom.